The van der Waals surface area contributed by atoms with Gasteiger partial charge in [-0.15, -0.1) is 0 Å². The molecule has 0 aliphatic rings. The molecule has 0 spiro atoms. The van der Waals surface area contributed by atoms with Crippen molar-refractivity contribution < 1.29 is 0 Å². The molecule has 10 aromatic carbocycles. The van der Waals surface area contributed by atoms with Crippen molar-refractivity contribution in [3.63, 3.8) is 0 Å². The van der Waals surface area contributed by atoms with Gasteiger partial charge in [0, 0.05) is 33.5 Å². The van der Waals surface area contributed by atoms with E-state index in [1.54, 1.807) is 0 Å². The van der Waals surface area contributed by atoms with Crippen LogP contribution in [0.1, 0.15) is 0 Å². The van der Waals surface area contributed by atoms with Crippen LogP contribution in [-0.4, -0.2) is 4.57 Å². The fourth-order valence-corrected chi connectivity index (χ4v) is 8.94. The molecule has 0 saturated heterocycles. The zero-order valence-electron chi connectivity index (χ0n) is 34.1. The molecule has 2 heteroatoms. The average Bonchev–Trinajstić information content (AvgIpc) is 3.69. The molecule has 0 aliphatic heterocycles. The van der Waals surface area contributed by atoms with Crippen LogP contribution in [0.4, 0.5) is 17.1 Å². The Morgan fingerprint density at radius 3 is 1.19 bits per heavy atom. The van der Waals surface area contributed by atoms with E-state index in [-0.39, 0.29) is 0 Å². The number of para-hydroxylation sites is 2. The maximum atomic E-state index is 2.39. The first kappa shape index (κ1) is 36.8. The molecule has 0 bridgehead atoms. The quantitative estimate of drug-likeness (QED) is 0.141. The van der Waals surface area contributed by atoms with Gasteiger partial charge in [0.1, 0.15) is 0 Å². The minimum atomic E-state index is 1.11. The van der Waals surface area contributed by atoms with E-state index in [4.69, 9.17) is 0 Å². The Labute approximate surface area is 362 Å². The lowest BCUT2D eigenvalue weighted by molar-refractivity contribution is 1.18. The SMILES string of the molecule is c1ccc(-c2ccc(N(c3ccccc3)c3ccc(-c4ccccc4-c4ccc(-c5ccc6c(c5)c5ccccc5n6-c5ccc(-c6ccccc6)cc5)cc4)cc3)cc2)cc1. The van der Waals surface area contributed by atoms with Gasteiger partial charge in [-0.05, 0) is 122 Å². The number of hydrogen-bond acceptors (Lipinski definition) is 1. The van der Waals surface area contributed by atoms with Crippen molar-refractivity contribution in [2.75, 3.05) is 4.90 Å². The Kier molecular flexibility index (Phi) is 9.57. The van der Waals surface area contributed by atoms with Crippen molar-refractivity contribution in [1.82, 2.24) is 4.57 Å². The molecule has 11 aromatic rings. The molecule has 0 N–H and O–H groups in total. The van der Waals surface area contributed by atoms with E-state index in [1.807, 2.05) is 0 Å². The van der Waals surface area contributed by atoms with Gasteiger partial charge < -0.3 is 9.47 Å². The van der Waals surface area contributed by atoms with Crippen LogP contribution in [-0.2, 0) is 0 Å². The highest BCUT2D eigenvalue weighted by Gasteiger charge is 2.16. The van der Waals surface area contributed by atoms with E-state index in [2.05, 4.69) is 264 Å². The van der Waals surface area contributed by atoms with E-state index in [0.29, 0.717) is 0 Å². The molecule has 2 nitrogen and oxygen atoms in total. The van der Waals surface area contributed by atoms with Crippen LogP contribution in [0.25, 0.3) is 83.1 Å². The predicted molar refractivity (Wildman–Crippen MR) is 263 cm³/mol. The summed E-state index contributed by atoms with van der Waals surface area (Å²) >= 11 is 0. The average molecular weight is 791 g/mol. The van der Waals surface area contributed by atoms with Gasteiger partial charge in [0.15, 0.2) is 0 Å². The van der Waals surface area contributed by atoms with Crippen LogP contribution in [0.2, 0.25) is 0 Å². The summed E-state index contributed by atoms with van der Waals surface area (Å²) in [5, 5.41) is 2.50. The smallest absolute Gasteiger partial charge is 0.0541 e. The molecule has 0 fully saturated rings. The molecule has 0 amide bonds. The Balaban J connectivity index is 0.887. The number of benzene rings is 10. The number of anilines is 3. The third-order valence-electron chi connectivity index (χ3n) is 12.0. The van der Waals surface area contributed by atoms with Gasteiger partial charge >= 0.3 is 0 Å². The van der Waals surface area contributed by atoms with E-state index in [9.17, 15) is 0 Å². The number of hydrogen-bond donors (Lipinski definition) is 0. The van der Waals surface area contributed by atoms with E-state index < -0.39 is 0 Å². The van der Waals surface area contributed by atoms with Crippen LogP contribution < -0.4 is 4.90 Å². The molecule has 0 radical (unpaired) electrons. The van der Waals surface area contributed by atoms with E-state index in [1.165, 1.54) is 77.4 Å². The van der Waals surface area contributed by atoms with Crippen LogP contribution in [0, 0.1) is 0 Å². The van der Waals surface area contributed by atoms with Crippen molar-refractivity contribution >= 4 is 38.9 Å². The van der Waals surface area contributed by atoms with Crippen LogP contribution in [0.15, 0.2) is 255 Å². The molecular weight excluding hydrogens is 749 g/mol. The van der Waals surface area contributed by atoms with Crippen LogP contribution in [0.5, 0.6) is 0 Å². The Bertz CT molecular complexity index is 3280. The Morgan fingerprint density at radius 2 is 0.613 bits per heavy atom. The van der Waals surface area contributed by atoms with Gasteiger partial charge in [0.25, 0.3) is 0 Å². The molecule has 0 saturated carbocycles. The van der Waals surface area contributed by atoms with Crippen molar-refractivity contribution in [1.29, 1.82) is 0 Å². The van der Waals surface area contributed by atoms with Gasteiger partial charge in [-0.3, -0.25) is 0 Å². The van der Waals surface area contributed by atoms with Gasteiger partial charge in [-0.25, -0.2) is 0 Å². The highest BCUT2D eigenvalue weighted by atomic mass is 15.1. The molecule has 62 heavy (non-hydrogen) atoms. The molecule has 11 rings (SSSR count). The van der Waals surface area contributed by atoms with Crippen molar-refractivity contribution in [2.45, 2.75) is 0 Å². The summed E-state index contributed by atoms with van der Waals surface area (Å²) in [6.07, 6.45) is 0. The van der Waals surface area contributed by atoms with Crippen LogP contribution in [0.3, 0.4) is 0 Å². The molecule has 0 atom stereocenters. The summed E-state index contributed by atoms with van der Waals surface area (Å²) in [6.45, 7) is 0. The summed E-state index contributed by atoms with van der Waals surface area (Å²) in [6, 6.07) is 91.9. The third kappa shape index (κ3) is 6.94. The molecular formula is C60H42N2. The fourth-order valence-electron chi connectivity index (χ4n) is 8.94. The largest absolute Gasteiger partial charge is 0.311 e. The van der Waals surface area contributed by atoms with Crippen molar-refractivity contribution in [2.24, 2.45) is 0 Å². The Hall–Kier alpha value is -8.20. The number of aromatic nitrogens is 1. The lowest BCUT2D eigenvalue weighted by Crippen LogP contribution is -2.09. The minimum Gasteiger partial charge on any atom is -0.311 e. The number of fused-ring (bicyclic) bond motifs is 3. The summed E-state index contributed by atoms with van der Waals surface area (Å²) in [5.74, 6) is 0. The van der Waals surface area contributed by atoms with E-state index in [0.717, 1.165) is 22.7 Å². The van der Waals surface area contributed by atoms with E-state index >= 15 is 0 Å². The van der Waals surface area contributed by atoms with Crippen molar-refractivity contribution in [3.05, 3.63) is 255 Å². The molecule has 0 aliphatic carbocycles. The van der Waals surface area contributed by atoms with Gasteiger partial charge in [0.2, 0.25) is 0 Å². The lowest BCUT2D eigenvalue weighted by Gasteiger charge is -2.26. The zero-order valence-corrected chi connectivity index (χ0v) is 34.1. The zero-order chi connectivity index (χ0) is 41.2. The predicted octanol–water partition coefficient (Wildman–Crippen LogP) is 16.6. The maximum absolute atomic E-state index is 2.39. The summed E-state index contributed by atoms with van der Waals surface area (Å²) < 4.78 is 2.39. The molecule has 1 aromatic heterocycles. The second kappa shape index (κ2) is 16.1. The second-order valence-corrected chi connectivity index (χ2v) is 15.8. The number of rotatable bonds is 9. The first-order chi connectivity index (χ1) is 30.7. The molecule has 1 heterocycles. The molecule has 292 valence electrons. The number of nitrogens with zero attached hydrogens (tertiary/aromatic N) is 2. The monoisotopic (exact) mass is 790 g/mol. The van der Waals surface area contributed by atoms with Gasteiger partial charge in [-0.1, -0.05) is 188 Å². The highest BCUT2D eigenvalue weighted by Crippen LogP contribution is 2.40. The lowest BCUT2D eigenvalue weighted by atomic mass is 9.93. The topological polar surface area (TPSA) is 8.17 Å². The molecule has 0 unspecified atom stereocenters. The van der Waals surface area contributed by atoms with Crippen molar-refractivity contribution in [3.8, 4) is 61.3 Å². The first-order valence-electron chi connectivity index (χ1n) is 21.3. The second-order valence-electron chi connectivity index (χ2n) is 15.8. The minimum absolute atomic E-state index is 1.11. The standard InChI is InChI=1S/C60H42N2/c1-4-14-43(15-5-1)45-28-35-52(36-29-45)61(51-18-8-3-9-19-51)53-39-32-49(33-40-53)56-21-11-10-20-55(56)48-26-24-47(25-27-48)50-34-41-60-58(42-50)57-22-12-13-23-59(57)62(60)54-37-30-46(31-38-54)44-16-6-2-7-17-44/h1-42H. The van der Waals surface area contributed by atoms with Crippen LogP contribution >= 0.6 is 0 Å². The fraction of sp³-hybridized carbons (Fsp3) is 0. The third-order valence-corrected chi connectivity index (χ3v) is 12.0. The Morgan fingerprint density at radius 1 is 0.242 bits per heavy atom. The van der Waals surface area contributed by atoms with Gasteiger partial charge in [0.05, 0.1) is 11.0 Å². The normalized spacial score (nSPS) is 11.2. The van der Waals surface area contributed by atoms with Gasteiger partial charge in [-0.2, -0.15) is 0 Å². The summed E-state index contributed by atoms with van der Waals surface area (Å²) in [7, 11) is 0. The first-order valence-corrected chi connectivity index (χ1v) is 21.3. The maximum Gasteiger partial charge on any atom is 0.0541 e. The summed E-state index contributed by atoms with van der Waals surface area (Å²) in [4.78, 5) is 2.32. The highest BCUT2D eigenvalue weighted by molar-refractivity contribution is 6.10. The summed E-state index contributed by atoms with van der Waals surface area (Å²) in [5.41, 5.74) is 18.9.